The Bertz CT molecular complexity index is 1090. The molecule has 33 heavy (non-hydrogen) atoms. The van der Waals surface area contributed by atoms with E-state index in [0.29, 0.717) is 0 Å². The van der Waals surface area contributed by atoms with E-state index in [2.05, 4.69) is 5.32 Å². The van der Waals surface area contributed by atoms with Crippen molar-refractivity contribution < 1.29 is 22.4 Å². The van der Waals surface area contributed by atoms with Crippen LogP contribution in [0.25, 0.3) is 0 Å². The van der Waals surface area contributed by atoms with Crippen LogP contribution in [0.3, 0.4) is 0 Å². The maximum absolute atomic E-state index is 13.8. The van der Waals surface area contributed by atoms with Gasteiger partial charge in [0, 0.05) is 12.6 Å². The van der Waals surface area contributed by atoms with Crippen LogP contribution in [0.2, 0.25) is 0 Å². The lowest BCUT2D eigenvalue weighted by Crippen LogP contribution is -2.52. The summed E-state index contributed by atoms with van der Waals surface area (Å²) in [6, 6.07) is 11.6. The molecule has 0 aliphatic carbocycles. The molecule has 0 aromatic heterocycles. The van der Waals surface area contributed by atoms with Crippen LogP contribution in [-0.4, -0.2) is 50.0 Å². The Kier molecular flexibility index (Phi) is 8.99. The molecule has 2 amide bonds. The number of hydrogen-bond acceptors (Lipinski definition) is 4. The van der Waals surface area contributed by atoms with Crippen molar-refractivity contribution in [3.8, 4) is 0 Å². The Morgan fingerprint density at radius 3 is 2.33 bits per heavy atom. The molecule has 2 aromatic carbocycles. The Labute approximate surface area is 195 Å². The highest BCUT2D eigenvalue weighted by Gasteiger charge is 2.30. The highest BCUT2D eigenvalue weighted by molar-refractivity contribution is 7.92. The minimum Gasteiger partial charge on any atom is -0.352 e. The monoisotopic (exact) mass is 477 g/mol. The summed E-state index contributed by atoms with van der Waals surface area (Å²) >= 11 is 0. The molecule has 7 nitrogen and oxygen atoms in total. The normalized spacial score (nSPS) is 13.2. The van der Waals surface area contributed by atoms with Crippen LogP contribution < -0.4 is 9.62 Å². The van der Waals surface area contributed by atoms with Gasteiger partial charge in [-0.15, -0.1) is 0 Å². The van der Waals surface area contributed by atoms with Crippen LogP contribution >= 0.6 is 0 Å². The fraction of sp³-hybridized carbons (Fsp3) is 0.417. The van der Waals surface area contributed by atoms with Crippen molar-refractivity contribution in [3.63, 3.8) is 0 Å². The van der Waals surface area contributed by atoms with Gasteiger partial charge in [0.15, 0.2) is 0 Å². The molecular weight excluding hydrogens is 445 g/mol. The van der Waals surface area contributed by atoms with Crippen LogP contribution in [0.1, 0.15) is 38.3 Å². The first-order valence-electron chi connectivity index (χ1n) is 10.8. The predicted octanol–water partition coefficient (Wildman–Crippen LogP) is 3.23. The molecular formula is C24H32FN3O4S. The molecule has 2 rings (SSSR count). The minimum absolute atomic E-state index is 0.0402. The van der Waals surface area contributed by atoms with Gasteiger partial charge >= 0.3 is 0 Å². The molecule has 0 aliphatic heterocycles. The third-order valence-electron chi connectivity index (χ3n) is 5.55. The number of sulfonamides is 1. The zero-order valence-corrected chi connectivity index (χ0v) is 20.5. The van der Waals surface area contributed by atoms with Gasteiger partial charge in [-0.3, -0.25) is 13.9 Å². The molecule has 0 heterocycles. The highest BCUT2D eigenvalue weighted by Crippen LogP contribution is 2.20. The smallest absolute Gasteiger partial charge is 0.244 e. The van der Waals surface area contributed by atoms with E-state index in [9.17, 15) is 22.4 Å². The number of nitrogens with zero attached hydrogens (tertiary/aromatic N) is 2. The second-order valence-corrected chi connectivity index (χ2v) is 10.1. The number of carbonyl (C=O) groups excluding carboxylic acids is 2. The van der Waals surface area contributed by atoms with Crippen molar-refractivity contribution in [2.75, 3.05) is 17.1 Å². The maximum Gasteiger partial charge on any atom is 0.244 e. The van der Waals surface area contributed by atoms with Crippen molar-refractivity contribution in [1.82, 2.24) is 10.2 Å². The Hall–Kier alpha value is -2.94. The third kappa shape index (κ3) is 7.28. The number of carbonyl (C=O) groups is 2. The highest BCUT2D eigenvalue weighted by atomic mass is 32.2. The van der Waals surface area contributed by atoms with Crippen LogP contribution in [0, 0.1) is 12.7 Å². The molecule has 0 saturated carbocycles. The SMILES string of the molecule is CC[C@@H](C)NC(=O)[C@@H](C)N(Cc1ccccc1C)C(=O)CN(c1cccc(F)c1)S(C)(=O)=O. The first kappa shape index (κ1) is 26.3. The summed E-state index contributed by atoms with van der Waals surface area (Å²) in [5.41, 5.74) is 1.82. The van der Waals surface area contributed by atoms with Crippen LogP contribution in [0.4, 0.5) is 10.1 Å². The Balaban J connectivity index is 2.40. The maximum atomic E-state index is 13.8. The number of anilines is 1. The molecule has 2 aromatic rings. The fourth-order valence-electron chi connectivity index (χ4n) is 3.26. The number of benzene rings is 2. The summed E-state index contributed by atoms with van der Waals surface area (Å²) in [4.78, 5) is 27.6. The molecule has 0 fully saturated rings. The number of halogens is 1. The van der Waals surface area contributed by atoms with E-state index in [1.165, 1.54) is 23.1 Å². The van der Waals surface area contributed by atoms with E-state index in [-0.39, 0.29) is 24.2 Å². The largest absolute Gasteiger partial charge is 0.352 e. The van der Waals surface area contributed by atoms with E-state index < -0.39 is 34.3 Å². The van der Waals surface area contributed by atoms with Crippen molar-refractivity contribution >= 4 is 27.5 Å². The number of aryl methyl sites for hydroxylation is 1. The topological polar surface area (TPSA) is 86.8 Å². The lowest BCUT2D eigenvalue weighted by atomic mass is 10.1. The van der Waals surface area contributed by atoms with Gasteiger partial charge in [-0.05, 0) is 56.5 Å². The van der Waals surface area contributed by atoms with Gasteiger partial charge in [0.25, 0.3) is 0 Å². The lowest BCUT2D eigenvalue weighted by Gasteiger charge is -2.32. The molecule has 0 spiro atoms. The lowest BCUT2D eigenvalue weighted by molar-refractivity contribution is -0.139. The summed E-state index contributed by atoms with van der Waals surface area (Å²) in [5, 5.41) is 2.87. The number of amides is 2. The zero-order chi connectivity index (χ0) is 24.8. The standard InChI is InChI=1S/C24H32FN3O4S/c1-6-18(3)26-24(30)19(4)27(15-20-11-8-7-10-17(20)2)23(29)16-28(33(5,31)32)22-13-9-12-21(25)14-22/h7-14,18-19H,6,15-16H2,1-5H3,(H,26,30)/t18-,19-/m1/s1. The summed E-state index contributed by atoms with van der Waals surface area (Å²) in [6.45, 7) is 6.89. The zero-order valence-electron chi connectivity index (χ0n) is 19.7. The van der Waals surface area contributed by atoms with Gasteiger partial charge in [-0.25, -0.2) is 12.8 Å². The molecule has 0 radical (unpaired) electrons. The summed E-state index contributed by atoms with van der Waals surface area (Å²) in [6.07, 6.45) is 1.68. The molecule has 0 aliphatic rings. The van der Waals surface area contributed by atoms with Crippen LogP contribution in [0.15, 0.2) is 48.5 Å². The van der Waals surface area contributed by atoms with E-state index in [1.807, 2.05) is 45.0 Å². The molecule has 180 valence electrons. The van der Waals surface area contributed by atoms with Gasteiger partial charge in [-0.2, -0.15) is 0 Å². The van der Waals surface area contributed by atoms with Crippen LogP contribution in [-0.2, 0) is 26.2 Å². The first-order chi connectivity index (χ1) is 15.4. The molecule has 1 N–H and O–H groups in total. The number of rotatable bonds is 10. The second kappa shape index (κ2) is 11.3. The van der Waals surface area contributed by atoms with Crippen molar-refractivity contribution in [1.29, 1.82) is 0 Å². The van der Waals surface area contributed by atoms with Gasteiger partial charge in [0.2, 0.25) is 21.8 Å². The first-order valence-corrected chi connectivity index (χ1v) is 12.7. The average molecular weight is 478 g/mol. The van der Waals surface area contributed by atoms with Gasteiger partial charge < -0.3 is 10.2 Å². The number of hydrogen-bond donors (Lipinski definition) is 1. The van der Waals surface area contributed by atoms with Crippen molar-refractivity contribution in [3.05, 3.63) is 65.5 Å². The number of nitrogens with one attached hydrogen (secondary N) is 1. The van der Waals surface area contributed by atoms with E-state index in [1.54, 1.807) is 6.92 Å². The Morgan fingerprint density at radius 2 is 1.76 bits per heavy atom. The molecule has 0 saturated heterocycles. The molecule has 9 heteroatoms. The van der Waals surface area contributed by atoms with Gasteiger partial charge in [0.1, 0.15) is 18.4 Å². The summed E-state index contributed by atoms with van der Waals surface area (Å²) in [5.74, 6) is -1.52. The van der Waals surface area contributed by atoms with Crippen molar-refractivity contribution in [2.24, 2.45) is 0 Å². The molecule has 2 atom stereocenters. The van der Waals surface area contributed by atoms with E-state index in [0.717, 1.165) is 34.2 Å². The minimum atomic E-state index is -3.89. The summed E-state index contributed by atoms with van der Waals surface area (Å²) < 4.78 is 39.5. The quantitative estimate of drug-likeness (QED) is 0.569. The third-order valence-corrected chi connectivity index (χ3v) is 6.69. The van der Waals surface area contributed by atoms with E-state index in [4.69, 9.17) is 0 Å². The predicted molar refractivity (Wildman–Crippen MR) is 128 cm³/mol. The second-order valence-electron chi connectivity index (χ2n) is 8.19. The van der Waals surface area contributed by atoms with Gasteiger partial charge in [0.05, 0.1) is 11.9 Å². The van der Waals surface area contributed by atoms with E-state index >= 15 is 0 Å². The van der Waals surface area contributed by atoms with Crippen LogP contribution in [0.5, 0.6) is 0 Å². The fourth-order valence-corrected chi connectivity index (χ4v) is 4.11. The summed E-state index contributed by atoms with van der Waals surface area (Å²) in [7, 11) is -3.89. The molecule has 0 unspecified atom stereocenters. The van der Waals surface area contributed by atoms with Crippen molar-refractivity contribution in [2.45, 2.75) is 52.7 Å². The average Bonchev–Trinajstić information content (AvgIpc) is 2.75. The Morgan fingerprint density at radius 1 is 1.09 bits per heavy atom. The molecule has 0 bridgehead atoms. The van der Waals surface area contributed by atoms with Gasteiger partial charge in [-0.1, -0.05) is 37.3 Å².